The molecule has 0 amide bonds. The van der Waals surface area contributed by atoms with Gasteiger partial charge in [0.25, 0.3) is 0 Å². The molecule has 0 radical (unpaired) electrons. The molecule has 0 saturated carbocycles. The fourth-order valence-corrected chi connectivity index (χ4v) is 2.58. The van der Waals surface area contributed by atoms with Crippen molar-refractivity contribution in [3.63, 3.8) is 0 Å². The van der Waals surface area contributed by atoms with Gasteiger partial charge in [-0.1, -0.05) is 37.6 Å². The Morgan fingerprint density at radius 3 is 2.50 bits per heavy atom. The van der Waals surface area contributed by atoms with Crippen molar-refractivity contribution in [1.29, 1.82) is 0 Å². The second kappa shape index (κ2) is 5.78. The van der Waals surface area contributed by atoms with E-state index in [2.05, 4.69) is 36.2 Å². The Morgan fingerprint density at radius 2 is 1.94 bits per heavy atom. The molecule has 0 fully saturated rings. The summed E-state index contributed by atoms with van der Waals surface area (Å²) in [4.78, 5) is 14.8. The Balaban J connectivity index is 2.06. The van der Waals surface area contributed by atoms with E-state index in [9.17, 15) is 4.79 Å². The van der Waals surface area contributed by atoms with E-state index in [0.717, 1.165) is 17.8 Å². The summed E-state index contributed by atoms with van der Waals surface area (Å²) >= 11 is 1.40. The number of aromatic carboxylic acids is 1. The Hall–Kier alpha value is -1.68. The monoisotopic (exact) mass is 261 g/mol. The third-order valence-electron chi connectivity index (χ3n) is 2.69. The minimum atomic E-state index is -0.962. The number of aryl methyl sites for hydroxylation is 1. The molecule has 94 valence electrons. The summed E-state index contributed by atoms with van der Waals surface area (Å²) in [5.74, 6) is -0.962. The number of rotatable bonds is 5. The van der Waals surface area contributed by atoms with Crippen LogP contribution in [0.25, 0.3) is 0 Å². The van der Waals surface area contributed by atoms with Crippen molar-refractivity contribution < 1.29 is 9.90 Å². The van der Waals surface area contributed by atoms with Gasteiger partial charge in [0.15, 0.2) is 5.69 Å². The van der Waals surface area contributed by atoms with Gasteiger partial charge >= 0.3 is 5.97 Å². The number of carbonyl (C=O) groups is 1. The van der Waals surface area contributed by atoms with Crippen molar-refractivity contribution >= 4 is 17.3 Å². The lowest BCUT2D eigenvalue weighted by Crippen LogP contribution is -1.97. The van der Waals surface area contributed by atoms with Crippen LogP contribution in [0.4, 0.5) is 0 Å². The smallest absolute Gasteiger partial charge is 0.355 e. The van der Waals surface area contributed by atoms with Gasteiger partial charge < -0.3 is 5.11 Å². The highest BCUT2D eigenvalue weighted by Gasteiger charge is 2.08. The molecule has 2 rings (SSSR count). The van der Waals surface area contributed by atoms with Crippen LogP contribution in [0.2, 0.25) is 0 Å². The largest absolute Gasteiger partial charge is 0.476 e. The van der Waals surface area contributed by atoms with E-state index < -0.39 is 5.97 Å². The number of aromatic nitrogens is 1. The van der Waals surface area contributed by atoms with Crippen LogP contribution >= 0.6 is 11.3 Å². The van der Waals surface area contributed by atoms with Crippen LogP contribution in [0.3, 0.4) is 0 Å². The second-order valence-corrected chi connectivity index (χ2v) is 5.12. The maximum atomic E-state index is 10.7. The maximum Gasteiger partial charge on any atom is 0.355 e. The Morgan fingerprint density at radius 1 is 1.28 bits per heavy atom. The number of carboxylic acid groups (broad SMARTS) is 1. The highest BCUT2D eigenvalue weighted by Crippen LogP contribution is 2.16. The number of carboxylic acids is 1. The fraction of sp³-hybridized carbons (Fsp3) is 0.286. The van der Waals surface area contributed by atoms with E-state index in [1.54, 1.807) is 5.38 Å². The van der Waals surface area contributed by atoms with Crippen molar-refractivity contribution in [2.24, 2.45) is 0 Å². The minimum Gasteiger partial charge on any atom is -0.476 e. The van der Waals surface area contributed by atoms with Gasteiger partial charge in [0.1, 0.15) is 0 Å². The molecule has 1 N–H and O–H groups in total. The molecule has 3 nitrogen and oxygen atoms in total. The van der Waals surface area contributed by atoms with E-state index in [4.69, 9.17) is 5.11 Å². The summed E-state index contributed by atoms with van der Waals surface area (Å²) < 4.78 is 0. The normalized spacial score (nSPS) is 10.5. The third-order valence-corrected chi connectivity index (χ3v) is 3.54. The molecule has 18 heavy (non-hydrogen) atoms. The van der Waals surface area contributed by atoms with Gasteiger partial charge in [0.05, 0.1) is 5.01 Å². The molecule has 1 aromatic heterocycles. The molecule has 0 saturated heterocycles. The van der Waals surface area contributed by atoms with Crippen LogP contribution < -0.4 is 0 Å². The number of nitrogens with zero attached hydrogens (tertiary/aromatic N) is 1. The molecule has 0 aliphatic heterocycles. The molecular formula is C14H15NO2S. The zero-order chi connectivity index (χ0) is 13.0. The van der Waals surface area contributed by atoms with E-state index in [-0.39, 0.29) is 5.69 Å². The summed E-state index contributed by atoms with van der Waals surface area (Å²) in [7, 11) is 0. The zero-order valence-corrected chi connectivity index (χ0v) is 11.0. The van der Waals surface area contributed by atoms with Crippen LogP contribution in [-0.2, 0) is 12.8 Å². The lowest BCUT2D eigenvalue weighted by atomic mass is 10.1. The van der Waals surface area contributed by atoms with Crippen LogP contribution in [0.1, 0.15) is 40.0 Å². The lowest BCUT2D eigenvalue weighted by molar-refractivity contribution is 0.0691. The van der Waals surface area contributed by atoms with Gasteiger partial charge in [-0.15, -0.1) is 11.3 Å². The number of hydrogen-bond acceptors (Lipinski definition) is 3. The molecule has 0 aliphatic carbocycles. The highest BCUT2D eigenvalue weighted by molar-refractivity contribution is 7.09. The van der Waals surface area contributed by atoms with Gasteiger partial charge in [-0.3, -0.25) is 0 Å². The lowest BCUT2D eigenvalue weighted by Gasteiger charge is -2.01. The van der Waals surface area contributed by atoms with Crippen molar-refractivity contribution in [2.75, 3.05) is 0 Å². The van der Waals surface area contributed by atoms with Gasteiger partial charge in [0, 0.05) is 11.8 Å². The molecule has 2 aromatic rings. The first-order valence-corrected chi connectivity index (χ1v) is 6.82. The maximum absolute atomic E-state index is 10.7. The van der Waals surface area contributed by atoms with Crippen LogP contribution in [0, 0.1) is 0 Å². The Labute approximate surface area is 110 Å². The van der Waals surface area contributed by atoms with Crippen LogP contribution in [0.15, 0.2) is 29.6 Å². The Bertz CT molecular complexity index is 531. The van der Waals surface area contributed by atoms with Crippen molar-refractivity contribution in [2.45, 2.75) is 26.2 Å². The summed E-state index contributed by atoms with van der Waals surface area (Å²) in [6.45, 7) is 2.16. The fourth-order valence-electron chi connectivity index (χ4n) is 1.78. The first-order chi connectivity index (χ1) is 8.69. The summed E-state index contributed by atoms with van der Waals surface area (Å²) in [5.41, 5.74) is 2.64. The van der Waals surface area contributed by atoms with E-state index in [1.807, 2.05) is 0 Å². The molecule has 0 bridgehead atoms. The summed E-state index contributed by atoms with van der Waals surface area (Å²) in [6, 6.07) is 8.44. The third kappa shape index (κ3) is 3.17. The van der Waals surface area contributed by atoms with Crippen LogP contribution in [0.5, 0.6) is 0 Å². The van der Waals surface area contributed by atoms with Crippen molar-refractivity contribution in [3.05, 3.63) is 51.5 Å². The first-order valence-electron chi connectivity index (χ1n) is 5.94. The van der Waals surface area contributed by atoms with Gasteiger partial charge in [-0.05, 0) is 17.5 Å². The molecule has 1 aromatic carbocycles. The van der Waals surface area contributed by atoms with E-state index in [0.29, 0.717) is 6.42 Å². The topological polar surface area (TPSA) is 50.2 Å². The predicted molar refractivity (Wildman–Crippen MR) is 72.3 cm³/mol. The molecular weight excluding hydrogens is 246 g/mol. The molecule has 1 heterocycles. The van der Waals surface area contributed by atoms with Crippen molar-refractivity contribution in [1.82, 2.24) is 4.98 Å². The average Bonchev–Trinajstić information content (AvgIpc) is 2.81. The predicted octanol–water partition coefficient (Wildman–Crippen LogP) is 3.38. The number of hydrogen-bond donors (Lipinski definition) is 1. The van der Waals surface area contributed by atoms with Gasteiger partial charge in [-0.25, -0.2) is 9.78 Å². The zero-order valence-electron chi connectivity index (χ0n) is 10.2. The van der Waals surface area contributed by atoms with Crippen molar-refractivity contribution in [3.8, 4) is 0 Å². The van der Waals surface area contributed by atoms with Gasteiger partial charge in [0.2, 0.25) is 0 Å². The molecule has 0 spiro atoms. The average molecular weight is 261 g/mol. The molecule has 0 unspecified atom stereocenters. The second-order valence-electron chi connectivity index (χ2n) is 4.17. The Kier molecular flexibility index (Phi) is 4.10. The minimum absolute atomic E-state index is 0.137. The van der Waals surface area contributed by atoms with E-state index in [1.165, 1.54) is 22.5 Å². The molecule has 0 atom stereocenters. The standard InChI is InChI=1S/C14H15NO2S/c1-2-3-10-4-6-11(7-5-10)8-13-15-12(9-18-13)14(16)17/h4-7,9H,2-3,8H2,1H3,(H,16,17). The van der Waals surface area contributed by atoms with E-state index >= 15 is 0 Å². The number of benzene rings is 1. The number of thiazole rings is 1. The van der Waals surface area contributed by atoms with Gasteiger partial charge in [-0.2, -0.15) is 0 Å². The van der Waals surface area contributed by atoms with Crippen LogP contribution in [-0.4, -0.2) is 16.1 Å². The molecule has 0 aliphatic rings. The highest BCUT2D eigenvalue weighted by atomic mass is 32.1. The molecule has 4 heteroatoms. The summed E-state index contributed by atoms with van der Waals surface area (Å²) in [5, 5.41) is 11.2. The quantitative estimate of drug-likeness (QED) is 0.897. The first kappa shape index (κ1) is 12.8. The summed E-state index contributed by atoms with van der Waals surface area (Å²) in [6.07, 6.45) is 2.94. The SMILES string of the molecule is CCCc1ccc(Cc2nc(C(=O)O)cs2)cc1.